The largest absolute Gasteiger partial charge is 0.618 e. The molecule has 0 N–H and O–H groups in total. The molecule has 0 aliphatic heterocycles. The number of benzene rings is 1. The zero-order valence-electron chi connectivity index (χ0n) is 19.8. The fraction of sp³-hybridized carbons (Fsp3) is 0.320. The first-order chi connectivity index (χ1) is 16.8. The second-order valence-electron chi connectivity index (χ2n) is 9.16. The van der Waals surface area contributed by atoms with Crippen LogP contribution in [0.2, 0.25) is 0 Å². The number of pyridine rings is 2. The third kappa shape index (κ3) is 4.01. The third-order valence-electron chi connectivity index (χ3n) is 6.56. The van der Waals surface area contributed by atoms with Gasteiger partial charge >= 0.3 is 0 Å². The summed E-state index contributed by atoms with van der Waals surface area (Å²) in [5.41, 5.74) is -0.145. The van der Waals surface area contributed by atoms with Crippen LogP contribution in [0.15, 0.2) is 53.7 Å². The van der Waals surface area contributed by atoms with E-state index in [9.17, 15) is 26.8 Å². The Hall–Kier alpha value is -3.47. The quantitative estimate of drug-likeness (QED) is 0.271. The van der Waals surface area contributed by atoms with E-state index in [1.807, 2.05) is 0 Å². The van der Waals surface area contributed by atoms with Crippen LogP contribution in [-0.4, -0.2) is 28.7 Å². The molecular formula is C25H23F3N4O3S. The Balaban J connectivity index is 1.69. The monoisotopic (exact) mass is 516 g/mol. The number of nitrogens with zero attached hydrogens (tertiary/aromatic N) is 4. The number of aryl methyl sites for hydroxylation is 1. The number of sulfone groups is 1. The molecule has 0 spiro atoms. The van der Waals surface area contributed by atoms with Crippen LogP contribution < -0.4 is 4.73 Å². The van der Waals surface area contributed by atoms with E-state index in [4.69, 9.17) is 0 Å². The van der Waals surface area contributed by atoms with Crippen molar-refractivity contribution in [2.75, 3.05) is 5.75 Å². The summed E-state index contributed by atoms with van der Waals surface area (Å²) in [5, 5.41) is 13.3. The lowest BCUT2D eigenvalue weighted by atomic mass is 10.0. The van der Waals surface area contributed by atoms with E-state index in [2.05, 4.69) is 9.97 Å². The first kappa shape index (κ1) is 24.2. The molecule has 4 aromatic rings. The van der Waals surface area contributed by atoms with Gasteiger partial charge in [0.2, 0.25) is 5.82 Å². The maximum atomic E-state index is 14.4. The molecule has 1 saturated carbocycles. The minimum atomic E-state index is -3.91. The van der Waals surface area contributed by atoms with E-state index < -0.39 is 21.4 Å². The van der Waals surface area contributed by atoms with E-state index in [0.29, 0.717) is 34.3 Å². The standard InChI is InChI=1S/C25H23F3N4O3S/c1-4-36(34,35)20-11-16(15-5-7-17(8-6-15)25(28)9-10-25)14-32(33)21(20)23-30-19-12-18(24(2,26)27)13-29-22(19)31(23)3/h5-8,11-14H,4,9-10H2,1-3H3. The van der Waals surface area contributed by atoms with Gasteiger partial charge in [0, 0.05) is 31.3 Å². The Morgan fingerprint density at radius 1 is 1.17 bits per heavy atom. The first-order valence-corrected chi connectivity index (χ1v) is 13.0. The second-order valence-corrected chi connectivity index (χ2v) is 11.4. The van der Waals surface area contributed by atoms with Crippen molar-refractivity contribution in [1.82, 2.24) is 14.5 Å². The van der Waals surface area contributed by atoms with Crippen LogP contribution >= 0.6 is 0 Å². The summed E-state index contributed by atoms with van der Waals surface area (Å²) in [5.74, 6) is -3.45. The Labute approximate surface area is 205 Å². The topological polar surface area (TPSA) is 91.8 Å². The van der Waals surface area contributed by atoms with Crippen LogP contribution in [0.25, 0.3) is 33.8 Å². The maximum Gasteiger partial charge on any atom is 0.278 e. The van der Waals surface area contributed by atoms with Crippen molar-refractivity contribution in [2.24, 2.45) is 7.05 Å². The van der Waals surface area contributed by atoms with Gasteiger partial charge in [0.25, 0.3) is 11.6 Å². The summed E-state index contributed by atoms with van der Waals surface area (Å²) in [7, 11) is -2.38. The van der Waals surface area contributed by atoms with Crippen LogP contribution in [0.4, 0.5) is 13.2 Å². The van der Waals surface area contributed by atoms with Crippen LogP contribution in [0.5, 0.6) is 0 Å². The van der Waals surface area contributed by atoms with Crippen molar-refractivity contribution in [3.8, 4) is 22.6 Å². The summed E-state index contributed by atoms with van der Waals surface area (Å²) in [6, 6.07) is 9.13. The smallest absolute Gasteiger partial charge is 0.278 e. The number of rotatable bonds is 6. The number of alkyl halides is 3. The van der Waals surface area contributed by atoms with Crippen molar-refractivity contribution in [2.45, 2.75) is 43.2 Å². The molecule has 1 aliphatic carbocycles. The highest BCUT2D eigenvalue weighted by molar-refractivity contribution is 7.91. The van der Waals surface area contributed by atoms with Crippen LogP contribution in [0.3, 0.4) is 0 Å². The number of hydrogen-bond donors (Lipinski definition) is 0. The van der Waals surface area contributed by atoms with Gasteiger partial charge in [-0.05, 0) is 36.1 Å². The van der Waals surface area contributed by atoms with Gasteiger partial charge in [-0.3, -0.25) is 0 Å². The van der Waals surface area contributed by atoms with Gasteiger partial charge in [0.15, 0.2) is 21.7 Å². The normalized spacial score (nSPS) is 15.4. The van der Waals surface area contributed by atoms with Crippen molar-refractivity contribution in [3.63, 3.8) is 0 Å². The third-order valence-corrected chi connectivity index (χ3v) is 8.31. The molecule has 0 radical (unpaired) electrons. The highest BCUT2D eigenvalue weighted by Crippen LogP contribution is 2.49. The minimum absolute atomic E-state index is 0.0221. The van der Waals surface area contributed by atoms with Gasteiger partial charge in [-0.25, -0.2) is 31.6 Å². The van der Waals surface area contributed by atoms with Gasteiger partial charge in [0.1, 0.15) is 16.1 Å². The summed E-state index contributed by atoms with van der Waals surface area (Å²) in [4.78, 5) is 8.13. The van der Waals surface area contributed by atoms with Crippen molar-refractivity contribution >= 4 is 21.0 Å². The van der Waals surface area contributed by atoms with E-state index in [1.54, 1.807) is 24.3 Å². The number of halogens is 3. The predicted molar refractivity (Wildman–Crippen MR) is 128 cm³/mol. The molecule has 0 atom stereocenters. The summed E-state index contributed by atoms with van der Waals surface area (Å²) < 4.78 is 70.0. The SMILES string of the molecule is CCS(=O)(=O)c1cc(-c2ccc(C3(F)CC3)cc2)c[n+]([O-])c1-c1nc2cc(C(C)(F)F)cnc2n1C. The van der Waals surface area contributed by atoms with Crippen molar-refractivity contribution < 1.29 is 26.3 Å². The lowest BCUT2D eigenvalue weighted by Gasteiger charge is -2.13. The molecular weight excluding hydrogens is 493 g/mol. The first-order valence-electron chi connectivity index (χ1n) is 11.3. The lowest BCUT2D eigenvalue weighted by Crippen LogP contribution is -2.32. The molecule has 1 aromatic carbocycles. The second kappa shape index (κ2) is 8.02. The van der Waals surface area contributed by atoms with E-state index >= 15 is 0 Å². The number of aromatic nitrogens is 4. The molecule has 0 amide bonds. The minimum Gasteiger partial charge on any atom is -0.618 e. The molecule has 1 aliphatic rings. The van der Waals surface area contributed by atoms with Crippen molar-refractivity contribution in [3.05, 3.63) is 65.1 Å². The Morgan fingerprint density at radius 3 is 2.42 bits per heavy atom. The maximum absolute atomic E-state index is 14.4. The van der Waals surface area contributed by atoms with E-state index in [1.165, 1.54) is 36.9 Å². The molecule has 0 bridgehead atoms. The van der Waals surface area contributed by atoms with Gasteiger partial charge < -0.3 is 9.77 Å². The van der Waals surface area contributed by atoms with Gasteiger partial charge in [-0.1, -0.05) is 31.2 Å². The molecule has 3 heterocycles. The van der Waals surface area contributed by atoms with Crippen LogP contribution in [0.1, 0.15) is 37.8 Å². The molecule has 0 saturated heterocycles. The van der Waals surface area contributed by atoms with Crippen molar-refractivity contribution in [1.29, 1.82) is 0 Å². The van der Waals surface area contributed by atoms with Gasteiger partial charge in [-0.2, -0.15) is 4.73 Å². The molecule has 1 fully saturated rings. The number of imidazole rings is 1. The molecule has 11 heteroatoms. The van der Waals surface area contributed by atoms with Crippen LogP contribution in [-0.2, 0) is 28.5 Å². The lowest BCUT2D eigenvalue weighted by molar-refractivity contribution is -0.595. The number of hydrogen-bond acceptors (Lipinski definition) is 5. The fourth-order valence-corrected chi connectivity index (χ4v) is 5.29. The zero-order valence-corrected chi connectivity index (χ0v) is 20.6. The predicted octanol–water partition coefficient (Wildman–Crippen LogP) is 4.80. The summed E-state index contributed by atoms with van der Waals surface area (Å²) in [6.45, 7) is 2.19. The molecule has 7 nitrogen and oxygen atoms in total. The molecule has 0 unspecified atom stereocenters. The summed E-state index contributed by atoms with van der Waals surface area (Å²) >= 11 is 0. The van der Waals surface area contributed by atoms with Gasteiger partial charge in [-0.15, -0.1) is 0 Å². The zero-order chi connectivity index (χ0) is 26.0. The fourth-order valence-electron chi connectivity index (χ4n) is 4.19. The summed E-state index contributed by atoms with van der Waals surface area (Å²) in [6.07, 6.45) is 3.17. The highest BCUT2D eigenvalue weighted by Gasteiger charge is 2.44. The Kier molecular flexibility index (Phi) is 5.40. The van der Waals surface area contributed by atoms with E-state index in [-0.39, 0.29) is 38.9 Å². The van der Waals surface area contributed by atoms with E-state index in [0.717, 1.165) is 13.1 Å². The Bertz CT molecular complexity index is 1610. The average molecular weight is 517 g/mol. The Morgan fingerprint density at radius 2 is 1.83 bits per heavy atom. The highest BCUT2D eigenvalue weighted by atomic mass is 32.2. The molecule has 188 valence electrons. The average Bonchev–Trinajstić information content (AvgIpc) is 3.51. The number of fused-ring (bicyclic) bond motifs is 1. The molecule has 3 aromatic heterocycles. The molecule has 36 heavy (non-hydrogen) atoms. The van der Waals surface area contributed by atoms with Crippen LogP contribution in [0, 0.1) is 5.21 Å². The van der Waals surface area contributed by atoms with Gasteiger partial charge in [0.05, 0.1) is 5.75 Å². The molecule has 5 rings (SSSR count).